The fourth-order valence-electron chi connectivity index (χ4n) is 1.94. The van der Waals surface area contributed by atoms with Crippen LogP contribution in [0.5, 0.6) is 0 Å². The van der Waals surface area contributed by atoms with Gasteiger partial charge in [0, 0.05) is 18.2 Å². The van der Waals surface area contributed by atoms with Gasteiger partial charge in [-0.05, 0) is 30.5 Å². The third kappa shape index (κ3) is 4.49. The summed E-state index contributed by atoms with van der Waals surface area (Å²) >= 11 is 0. The van der Waals surface area contributed by atoms with E-state index in [0.717, 1.165) is 36.9 Å². The molecule has 0 aliphatic carbocycles. The molecule has 18 heavy (non-hydrogen) atoms. The zero-order chi connectivity index (χ0) is 13.4. The Kier molecular flexibility index (Phi) is 6.44. The summed E-state index contributed by atoms with van der Waals surface area (Å²) in [6.07, 6.45) is 4.11. The Morgan fingerprint density at radius 2 is 1.94 bits per heavy atom. The number of nitrogens with two attached hydrogens (primary N) is 1. The van der Waals surface area contributed by atoms with Gasteiger partial charge in [-0.3, -0.25) is 4.79 Å². The highest BCUT2D eigenvalue weighted by Crippen LogP contribution is 2.16. The largest absolute Gasteiger partial charge is 0.326 e. The first-order valence-electron chi connectivity index (χ1n) is 6.81. The minimum atomic E-state index is 0.124. The molecule has 0 aliphatic rings. The van der Waals surface area contributed by atoms with Crippen LogP contribution in [0.1, 0.15) is 45.1 Å². The van der Waals surface area contributed by atoms with E-state index in [1.54, 1.807) is 0 Å². The van der Waals surface area contributed by atoms with Crippen molar-refractivity contribution in [1.29, 1.82) is 0 Å². The first-order valence-corrected chi connectivity index (χ1v) is 6.81. The molecule has 0 radical (unpaired) electrons. The van der Waals surface area contributed by atoms with Crippen LogP contribution in [0.4, 0.5) is 5.69 Å². The van der Waals surface area contributed by atoms with E-state index in [4.69, 9.17) is 5.73 Å². The zero-order valence-corrected chi connectivity index (χ0v) is 11.4. The molecule has 1 rings (SSSR count). The van der Waals surface area contributed by atoms with E-state index in [0.29, 0.717) is 6.54 Å². The second-order valence-corrected chi connectivity index (χ2v) is 4.64. The molecule has 0 saturated carbocycles. The van der Waals surface area contributed by atoms with Gasteiger partial charge >= 0.3 is 0 Å². The quantitative estimate of drug-likeness (QED) is 0.778. The lowest BCUT2D eigenvalue weighted by Gasteiger charge is -2.14. The summed E-state index contributed by atoms with van der Waals surface area (Å²) < 4.78 is 0. The summed E-state index contributed by atoms with van der Waals surface area (Å²) in [6, 6.07) is 7.71. The lowest BCUT2D eigenvalue weighted by Crippen LogP contribution is -2.22. The fourth-order valence-corrected chi connectivity index (χ4v) is 1.94. The lowest BCUT2D eigenvalue weighted by atomic mass is 9.98. The summed E-state index contributed by atoms with van der Waals surface area (Å²) in [5.74, 6) is 0.255. The van der Waals surface area contributed by atoms with Crippen LogP contribution in [0.3, 0.4) is 0 Å². The second-order valence-electron chi connectivity index (χ2n) is 4.64. The minimum Gasteiger partial charge on any atom is -0.326 e. The Hall–Kier alpha value is -1.35. The van der Waals surface area contributed by atoms with Gasteiger partial charge in [0.05, 0.1) is 0 Å². The molecule has 100 valence electrons. The smallest absolute Gasteiger partial charge is 0.227 e. The predicted octanol–water partition coefficient (Wildman–Crippen LogP) is 3.30. The highest BCUT2D eigenvalue weighted by molar-refractivity contribution is 5.92. The van der Waals surface area contributed by atoms with Gasteiger partial charge in [0.1, 0.15) is 0 Å². The van der Waals surface area contributed by atoms with Gasteiger partial charge < -0.3 is 11.1 Å². The minimum absolute atomic E-state index is 0.124. The standard InChI is InChI=1S/C15H24N2O/c1-3-5-6-13(4-2)15(18)17-14-9-7-12(11-16)8-10-14/h7-10,13H,3-6,11,16H2,1-2H3,(H,17,18). The van der Waals surface area contributed by atoms with Crippen LogP contribution in [-0.4, -0.2) is 5.91 Å². The van der Waals surface area contributed by atoms with E-state index in [9.17, 15) is 4.79 Å². The molecular formula is C15H24N2O. The second kappa shape index (κ2) is 7.88. The van der Waals surface area contributed by atoms with Gasteiger partial charge in [0.15, 0.2) is 0 Å². The van der Waals surface area contributed by atoms with Gasteiger partial charge in [-0.1, -0.05) is 38.8 Å². The van der Waals surface area contributed by atoms with E-state index in [1.807, 2.05) is 24.3 Å². The van der Waals surface area contributed by atoms with Crippen LogP contribution in [0.2, 0.25) is 0 Å². The number of rotatable bonds is 7. The normalized spacial score (nSPS) is 12.2. The van der Waals surface area contributed by atoms with Crippen molar-refractivity contribution in [1.82, 2.24) is 0 Å². The lowest BCUT2D eigenvalue weighted by molar-refractivity contribution is -0.120. The molecule has 0 saturated heterocycles. The van der Waals surface area contributed by atoms with E-state index in [-0.39, 0.29) is 11.8 Å². The van der Waals surface area contributed by atoms with Crippen molar-refractivity contribution in [3.63, 3.8) is 0 Å². The molecule has 1 unspecified atom stereocenters. The van der Waals surface area contributed by atoms with E-state index < -0.39 is 0 Å². The average Bonchev–Trinajstić information content (AvgIpc) is 2.40. The van der Waals surface area contributed by atoms with Gasteiger partial charge in [-0.2, -0.15) is 0 Å². The van der Waals surface area contributed by atoms with Crippen LogP contribution in [-0.2, 0) is 11.3 Å². The molecule has 0 aliphatic heterocycles. The molecule has 1 aromatic rings. The number of benzene rings is 1. The maximum absolute atomic E-state index is 12.1. The first-order chi connectivity index (χ1) is 8.71. The molecule has 1 atom stereocenters. The van der Waals surface area contributed by atoms with Crippen molar-refractivity contribution < 1.29 is 4.79 Å². The third-order valence-corrected chi connectivity index (χ3v) is 3.23. The molecule has 0 aromatic heterocycles. The summed E-state index contributed by atoms with van der Waals surface area (Å²) in [7, 11) is 0. The number of carbonyl (C=O) groups is 1. The molecule has 3 nitrogen and oxygen atoms in total. The van der Waals surface area contributed by atoms with Gasteiger partial charge in [-0.25, -0.2) is 0 Å². The molecular weight excluding hydrogens is 224 g/mol. The zero-order valence-electron chi connectivity index (χ0n) is 11.4. The Morgan fingerprint density at radius 1 is 1.28 bits per heavy atom. The maximum Gasteiger partial charge on any atom is 0.227 e. The topological polar surface area (TPSA) is 55.1 Å². The number of hydrogen-bond donors (Lipinski definition) is 2. The summed E-state index contributed by atoms with van der Waals surface area (Å²) in [5.41, 5.74) is 7.47. The van der Waals surface area contributed by atoms with Crippen LogP contribution in [0.15, 0.2) is 24.3 Å². The monoisotopic (exact) mass is 248 g/mol. The summed E-state index contributed by atoms with van der Waals surface area (Å²) in [4.78, 5) is 12.1. The summed E-state index contributed by atoms with van der Waals surface area (Å²) in [6.45, 7) is 4.75. The molecule has 3 heteroatoms. The first kappa shape index (κ1) is 14.7. The average molecular weight is 248 g/mol. The number of nitrogens with one attached hydrogen (secondary N) is 1. The van der Waals surface area contributed by atoms with Crippen molar-refractivity contribution in [2.45, 2.75) is 46.1 Å². The molecule has 0 spiro atoms. The Balaban J connectivity index is 2.55. The highest BCUT2D eigenvalue weighted by atomic mass is 16.1. The molecule has 1 aromatic carbocycles. The van der Waals surface area contributed by atoms with Gasteiger partial charge in [0.2, 0.25) is 5.91 Å². The van der Waals surface area contributed by atoms with Gasteiger partial charge in [0.25, 0.3) is 0 Å². The van der Waals surface area contributed by atoms with E-state index in [1.165, 1.54) is 0 Å². The Bertz CT molecular complexity index is 359. The van der Waals surface area contributed by atoms with Crippen molar-refractivity contribution in [2.24, 2.45) is 11.7 Å². The van der Waals surface area contributed by atoms with Crippen LogP contribution >= 0.6 is 0 Å². The number of hydrogen-bond acceptors (Lipinski definition) is 2. The Morgan fingerprint density at radius 3 is 2.44 bits per heavy atom. The van der Waals surface area contributed by atoms with Crippen LogP contribution in [0, 0.1) is 5.92 Å². The van der Waals surface area contributed by atoms with Crippen LogP contribution < -0.4 is 11.1 Å². The number of carbonyl (C=O) groups excluding carboxylic acids is 1. The number of anilines is 1. The maximum atomic E-state index is 12.1. The summed E-state index contributed by atoms with van der Waals surface area (Å²) in [5, 5.41) is 2.97. The van der Waals surface area contributed by atoms with Crippen molar-refractivity contribution >= 4 is 11.6 Å². The van der Waals surface area contributed by atoms with E-state index >= 15 is 0 Å². The number of amides is 1. The predicted molar refractivity (Wildman–Crippen MR) is 76.3 cm³/mol. The molecule has 0 fully saturated rings. The third-order valence-electron chi connectivity index (χ3n) is 3.23. The molecule has 0 bridgehead atoms. The highest BCUT2D eigenvalue weighted by Gasteiger charge is 2.15. The number of unbranched alkanes of at least 4 members (excludes halogenated alkanes) is 1. The van der Waals surface area contributed by atoms with Crippen LogP contribution in [0.25, 0.3) is 0 Å². The fraction of sp³-hybridized carbons (Fsp3) is 0.533. The molecule has 0 heterocycles. The SMILES string of the molecule is CCCCC(CC)C(=O)Nc1ccc(CN)cc1. The van der Waals surface area contributed by atoms with Crippen molar-refractivity contribution in [3.05, 3.63) is 29.8 Å². The molecule has 3 N–H and O–H groups in total. The van der Waals surface area contributed by atoms with E-state index in [2.05, 4.69) is 19.2 Å². The van der Waals surface area contributed by atoms with Crippen molar-refractivity contribution in [2.75, 3.05) is 5.32 Å². The molecule has 1 amide bonds. The van der Waals surface area contributed by atoms with Gasteiger partial charge in [-0.15, -0.1) is 0 Å². The van der Waals surface area contributed by atoms with Crippen molar-refractivity contribution in [3.8, 4) is 0 Å². The Labute approximate surface area is 110 Å².